The third kappa shape index (κ3) is 2.26. The molecular formula is C18H20O2. The number of rotatable bonds is 4. The zero-order valence-electron chi connectivity index (χ0n) is 12.1. The Morgan fingerprint density at radius 1 is 0.750 bits per heavy atom. The van der Waals surface area contributed by atoms with Gasteiger partial charge in [-0.2, -0.15) is 0 Å². The van der Waals surface area contributed by atoms with Crippen LogP contribution in [0.4, 0.5) is 0 Å². The highest BCUT2D eigenvalue weighted by Gasteiger charge is 2.21. The highest BCUT2D eigenvalue weighted by Crippen LogP contribution is 2.36. The highest BCUT2D eigenvalue weighted by molar-refractivity contribution is 5.54. The summed E-state index contributed by atoms with van der Waals surface area (Å²) in [6.07, 6.45) is 1.86. The third-order valence-electron chi connectivity index (χ3n) is 3.79. The number of hydrogen-bond acceptors (Lipinski definition) is 2. The van der Waals surface area contributed by atoms with Crippen LogP contribution in [-0.4, -0.2) is 13.2 Å². The summed E-state index contributed by atoms with van der Waals surface area (Å²) < 4.78 is 11.5. The second kappa shape index (κ2) is 5.58. The van der Waals surface area contributed by atoms with Crippen LogP contribution in [-0.2, 0) is 12.8 Å². The lowest BCUT2D eigenvalue weighted by atomic mass is 9.85. The van der Waals surface area contributed by atoms with E-state index in [1.807, 2.05) is 13.8 Å². The van der Waals surface area contributed by atoms with Crippen molar-refractivity contribution in [2.45, 2.75) is 26.7 Å². The minimum atomic E-state index is 0.711. The van der Waals surface area contributed by atoms with Crippen molar-refractivity contribution in [2.75, 3.05) is 13.2 Å². The second-order valence-electron chi connectivity index (χ2n) is 5.01. The average Bonchev–Trinajstić information content (AvgIpc) is 2.47. The molecule has 0 fully saturated rings. The maximum atomic E-state index is 5.77. The first-order valence-corrected chi connectivity index (χ1v) is 7.30. The molecule has 0 amide bonds. The van der Waals surface area contributed by atoms with Crippen LogP contribution in [0.15, 0.2) is 36.4 Å². The Balaban J connectivity index is 2.02. The van der Waals surface area contributed by atoms with Gasteiger partial charge in [0.2, 0.25) is 0 Å². The molecule has 0 aromatic heterocycles. The molecule has 3 rings (SSSR count). The first-order valence-electron chi connectivity index (χ1n) is 7.30. The molecule has 2 aromatic carbocycles. The normalized spacial score (nSPS) is 12.5. The van der Waals surface area contributed by atoms with E-state index in [9.17, 15) is 0 Å². The molecule has 0 saturated heterocycles. The van der Waals surface area contributed by atoms with Gasteiger partial charge in [0.05, 0.1) is 13.2 Å². The summed E-state index contributed by atoms with van der Waals surface area (Å²) in [6, 6.07) is 12.7. The zero-order chi connectivity index (χ0) is 13.9. The Labute approximate surface area is 120 Å². The Morgan fingerprint density at radius 3 is 1.60 bits per heavy atom. The fourth-order valence-electron chi connectivity index (χ4n) is 2.92. The summed E-state index contributed by atoms with van der Waals surface area (Å²) in [5, 5.41) is 0. The van der Waals surface area contributed by atoms with E-state index in [-0.39, 0.29) is 0 Å². The minimum Gasteiger partial charge on any atom is -0.494 e. The molecule has 0 radical (unpaired) electrons. The lowest BCUT2D eigenvalue weighted by molar-refractivity contribution is 0.333. The molecule has 1 aliphatic carbocycles. The van der Waals surface area contributed by atoms with Gasteiger partial charge in [0.1, 0.15) is 11.5 Å². The van der Waals surface area contributed by atoms with Crippen LogP contribution >= 0.6 is 0 Å². The van der Waals surface area contributed by atoms with Crippen LogP contribution < -0.4 is 9.47 Å². The van der Waals surface area contributed by atoms with E-state index in [1.165, 1.54) is 22.3 Å². The predicted octanol–water partition coefficient (Wildman–Crippen LogP) is 3.98. The number of hydrogen-bond donors (Lipinski definition) is 0. The molecule has 2 heteroatoms. The second-order valence-corrected chi connectivity index (χ2v) is 5.01. The number of benzene rings is 2. The molecule has 0 N–H and O–H groups in total. The molecule has 20 heavy (non-hydrogen) atoms. The molecule has 1 aliphatic rings. The Hall–Kier alpha value is -1.96. The predicted molar refractivity (Wildman–Crippen MR) is 80.8 cm³/mol. The molecule has 0 atom stereocenters. The summed E-state index contributed by atoms with van der Waals surface area (Å²) in [5.74, 6) is 2.05. The monoisotopic (exact) mass is 268 g/mol. The first-order chi connectivity index (χ1) is 9.83. The summed E-state index contributed by atoms with van der Waals surface area (Å²) in [6.45, 7) is 5.48. The van der Waals surface area contributed by atoms with Gasteiger partial charge in [0.15, 0.2) is 0 Å². The number of ether oxygens (including phenoxy) is 2. The van der Waals surface area contributed by atoms with E-state index in [2.05, 4.69) is 36.4 Å². The smallest absolute Gasteiger partial charge is 0.123 e. The van der Waals surface area contributed by atoms with Gasteiger partial charge in [-0.1, -0.05) is 24.3 Å². The van der Waals surface area contributed by atoms with Crippen molar-refractivity contribution in [2.24, 2.45) is 0 Å². The first kappa shape index (κ1) is 13.0. The summed E-state index contributed by atoms with van der Waals surface area (Å²) in [5.41, 5.74) is 5.37. The molecule has 0 aliphatic heterocycles. The third-order valence-corrected chi connectivity index (χ3v) is 3.79. The van der Waals surface area contributed by atoms with E-state index in [4.69, 9.17) is 9.47 Å². The quantitative estimate of drug-likeness (QED) is 0.712. The van der Waals surface area contributed by atoms with Crippen molar-refractivity contribution in [3.8, 4) is 11.5 Å². The van der Waals surface area contributed by atoms with E-state index in [0.717, 1.165) is 24.3 Å². The Kier molecular flexibility index (Phi) is 3.64. The maximum absolute atomic E-state index is 5.77. The van der Waals surface area contributed by atoms with Crippen molar-refractivity contribution in [1.82, 2.24) is 0 Å². The Bertz CT molecular complexity index is 561. The van der Waals surface area contributed by atoms with Crippen molar-refractivity contribution in [1.29, 1.82) is 0 Å². The van der Waals surface area contributed by atoms with Gasteiger partial charge in [-0.25, -0.2) is 0 Å². The number of fused-ring (bicyclic) bond motifs is 2. The van der Waals surface area contributed by atoms with Gasteiger partial charge in [-0.3, -0.25) is 0 Å². The minimum absolute atomic E-state index is 0.711. The fraction of sp³-hybridized carbons (Fsp3) is 0.333. The van der Waals surface area contributed by atoms with E-state index in [1.54, 1.807) is 0 Å². The van der Waals surface area contributed by atoms with Gasteiger partial charge in [-0.05, 0) is 37.1 Å². The molecule has 2 aromatic rings. The average molecular weight is 268 g/mol. The van der Waals surface area contributed by atoms with Crippen molar-refractivity contribution < 1.29 is 9.47 Å². The lowest BCUT2D eigenvalue weighted by Crippen LogP contribution is -2.11. The molecule has 0 saturated carbocycles. The molecular weight excluding hydrogens is 248 g/mol. The van der Waals surface area contributed by atoms with Gasteiger partial charge in [-0.15, -0.1) is 0 Å². The molecule has 104 valence electrons. The van der Waals surface area contributed by atoms with Crippen molar-refractivity contribution in [3.05, 3.63) is 58.7 Å². The van der Waals surface area contributed by atoms with E-state index < -0.39 is 0 Å². The van der Waals surface area contributed by atoms with Gasteiger partial charge < -0.3 is 9.47 Å². The molecule has 0 bridgehead atoms. The van der Waals surface area contributed by atoms with Crippen LogP contribution in [0.3, 0.4) is 0 Å². The lowest BCUT2D eigenvalue weighted by Gasteiger charge is -2.24. The van der Waals surface area contributed by atoms with Crippen LogP contribution in [0.1, 0.15) is 36.1 Å². The fourth-order valence-corrected chi connectivity index (χ4v) is 2.92. The standard InChI is InChI=1S/C18H20O2/c1-3-19-17-9-5-7-13-12-16-14(11-15(13)17)8-6-10-18(16)20-4-2/h5-10H,3-4,11-12H2,1-2H3. The van der Waals surface area contributed by atoms with E-state index in [0.29, 0.717) is 13.2 Å². The Morgan fingerprint density at radius 2 is 1.20 bits per heavy atom. The van der Waals surface area contributed by atoms with Crippen molar-refractivity contribution in [3.63, 3.8) is 0 Å². The highest BCUT2D eigenvalue weighted by atomic mass is 16.5. The van der Waals surface area contributed by atoms with E-state index >= 15 is 0 Å². The van der Waals surface area contributed by atoms with Gasteiger partial charge in [0, 0.05) is 24.0 Å². The van der Waals surface area contributed by atoms with Crippen LogP contribution in [0.25, 0.3) is 0 Å². The van der Waals surface area contributed by atoms with Crippen molar-refractivity contribution >= 4 is 0 Å². The topological polar surface area (TPSA) is 18.5 Å². The maximum Gasteiger partial charge on any atom is 0.123 e. The molecule has 2 nitrogen and oxygen atoms in total. The summed E-state index contributed by atoms with van der Waals surface area (Å²) >= 11 is 0. The van der Waals surface area contributed by atoms with Crippen LogP contribution in [0, 0.1) is 0 Å². The molecule has 0 heterocycles. The molecule has 0 spiro atoms. The van der Waals surface area contributed by atoms with Gasteiger partial charge >= 0.3 is 0 Å². The van der Waals surface area contributed by atoms with Gasteiger partial charge in [0.25, 0.3) is 0 Å². The summed E-state index contributed by atoms with van der Waals surface area (Å²) in [4.78, 5) is 0. The summed E-state index contributed by atoms with van der Waals surface area (Å²) in [7, 11) is 0. The van der Waals surface area contributed by atoms with Crippen LogP contribution in [0.2, 0.25) is 0 Å². The largest absolute Gasteiger partial charge is 0.494 e. The molecule has 0 unspecified atom stereocenters. The van der Waals surface area contributed by atoms with Crippen LogP contribution in [0.5, 0.6) is 11.5 Å². The SMILES string of the molecule is CCOc1cccc2c1Cc1cccc(OCC)c1C2. The zero-order valence-corrected chi connectivity index (χ0v) is 12.1.